The molecule has 0 radical (unpaired) electrons. The molecule has 0 aromatic carbocycles. The quantitative estimate of drug-likeness (QED) is 0.802. The number of pyridine rings is 2. The second kappa shape index (κ2) is 7.48. The summed E-state index contributed by atoms with van der Waals surface area (Å²) in [4.78, 5) is 8.58. The predicted octanol–water partition coefficient (Wildman–Crippen LogP) is 4.78. The van der Waals surface area contributed by atoms with Crippen molar-refractivity contribution < 1.29 is 0 Å². The van der Waals surface area contributed by atoms with Crippen LogP contribution in [0.5, 0.6) is 0 Å². The van der Waals surface area contributed by atoms with Crippen molar-refractivity contribution in [1.82, 2.24) is 9.97 Å². The average Bonchev–Trinajstić information content (AvgIpc) is 2.49. The van der Waals surface area contributed by atoms with Gasteiger partial charge in [-0.1, -0.05) is 36.2 Å². The highest BCUT2D eigenvalue weighted by Crippen LogP contribution is 2.31. The largest absolute Gasteiger partial charge is 0.369 e. The molecule has 1 unspecified atom stereocenters. The van der Waals surface area contributed by atoms with E-state index in [9.17, 15) is 0 Å². The van der Waals surface area contributed by atoms with E-state index in [1.807, 2.05) is 25.3 Å². The van der Waals surface area contributed by atoms with E-state index < -0.39 is 0 Å². The Balaban J connectivity index is 2.19. The van der Waals surface area contributed by atoms with Crippen LogP contribution in [0.3, 0.4) is 0 Å². The van der Waals surface area contributed by atoms with Crippen molar-refractivity contribution in [1.29, 1.82) is 0 Å². The standard InChI is InChI=1S/C15H18Cl2N4/c1-3-6-19-14-12(16)8-13(17)15(21-14)20-10(2)11-5-4-7-18-9-11/h4-5,7-10H,3,6H2,1-2H3,(H2,19,20,21). The molecule has 6 heteroatoms. The Morgan fingerprint density at radius 3 is 2.67 bits per heavy atom. The van der Waals surface area contributed by atoms with Crippen molar-refractivity contribution in [2.75, 3.05) is 17.2 Å². The maximum absolute atomic E-state index is 6.21. The highest BCUT2D eigenvalue weighted by molar-refractivity contribution is 6.37. The van der Waals surface area contributed by atoms with Gasteiger partial charge in [0.1, 0.15) is 11.6 Å². The van der Waals surface area contributed by atoms with Gasteiger partial charge in [0.15, 0.2) is 0 Å². The number of rotatable bonds is 6. The summed E-state index contributed by atoms with van der Waals surface area (Å²) in [5.74, 6) is 1.25. The Morgan fingerprint density at radius 1 is 1.24 bits per heavy atom. The Hall–Kier alpha value is -1.52. The van der Waals surface area contributed by atoms with Crippen molar-refractivity contribution in [3.63, 3.8) is 0 Å². The third-order valence-electron chi connectivity index (χ3n) is 3.01. The first-order chi connectivity index (χ1) is 10.1. The van der Waals surface area contributed by atoms with Crippen LogP contribution in [-0.4, -0.2) is 16.5 Å². The van der Waals surface area contributed by atoms with E-state index in [1.165, 1.54) is 0 Å². The molecule has 0 aliphatic carbocycles. The van der Waals surface area contributed by atoms with Gasteiger partial charge in [-0.05, 0) is 31.0 Å². The van der Waals surface area contributed by atoms with Gasteiger partial charge in [0.05, 0.1) is 16.1 Å². The van der Waals surface area contributed by atoms with E-state index in [-0.39, 0.29) is 6.04 Å². The molecule has 0 saturated carbocycles. The minimum atomic E-state index is 0.0453. The highest BCUT2D eigenvalue weighted by Gasteiger charge is 2.12. The number of anilines is 2. The van der Waals surface area contributed by atoms with Crippen LogP contribution in [0.4, 0.5) is 11.6 Å². The highest BCUT2D eigenvalue weighted by atomic mass is 35.5. The molecule has 2 rings (SSSR count). The third-order valence-corrected chi connectivity index (χ3v) is 3.59. The summed E-state index contributed by atoms with van der Waals surface area (Å²) in [5, 5.41) is 7.50. The monoisotopic (exact) mass is 324 g/mol. The fourth-order valence-electron chi connectivity index (χ4n) is 1.86. The number of hydrogen-bond acceptors (Lipinski definition) is 4. The smallest absolute Gasteiger partial charge is 0.147 e. The lowest BCUT2D eigenvalue weighted by Gasteiger charge is -2.17. The minimum absolute atomic E-state index is 0.0453. The SMILES string of the molecule is CCCNc1nc(NC(C)c2cccnc2)c(Cl)cc1Cl. The minimum Gasteiger partial charge on any atom is -0.369 e. The molecule has 0 spiro atoms. The van der Waals surface area contributed by atoms with Crippen molar-refractivity contribution in [3.8, 4) is 0 Å². The molecule has 0 amide bonds. The van der Waals surface area contributed by atoms with Crippen molar-refractivity contribution >= 4 is 34.8 Å². The first kappa shape index (κ1) is 15.9. The van der Waals surface area contributed by atoms with Crippen molar-refractivity contribution in [2.24, 2.45) is 0 Å². The second-order valence-corrected chi connectivity index (χ2v) is 5.54. The Morgan fingerprint density at radius 2 is 2.00 bits per heavy atom. The fraction of sp³-hybridized carbons (Fsp3) is 0.333. The van der Waals surface area contributed by atoms with Crippen LogP contribution < -0.4 is 10.6 Å². The zero-order valence-electron chi connectivity index (χ0n) is 12.0. The maximum atomic E-state index is 6.21. The normalized spacial score (nSPS) is 12.0. The van der Waals surface area contributed by atoms with Crippen LogP contribution in [0.25, 0.3) is 0 Å². The van der Waals surface area contributed by atoms with Gasteiger partial charge in [-0.25, -0.2) is 4.98 Å². The second-order valence-electron chi connectivity index (χ2n) is 4.73. The van der Waals surface area contributed by atoms with Gasteiger partial charge in [0.25, 0.3) is 0 Å². The molecule has 2 aromatic rings. The van der Waals surface area contributed by atoms with E-state index >= 15 is 0 Å². The summed E-state index contributed by atoms with van der Waals surface area (Å²) in [5.41, 5.74) is 1.06. The molecule has 0 aliphatic rings. The molecule has 0 aliphatic heterocycles. The van der Waals surface area contributed by atoms with Gasteiger partial charge < -0.3 is 10.6 Å². The Labute approximate surface area is 134 Å². The number of aromatic nitrogens is 2. The third kappa shape index (κ3) is 4.22. The lowest BCUT2D eigenvalue weighted by Crippen LogP contribution is -2.10. The zero-order chi connectivity index (χ0) is 15.2. The summed E-state index contributed by atoms with van der Waals surface area (Å²) in [6, 6.07) is 5.65. The fourth-order valence-corrected chi connectivity index (χ4v) is 2.34. The topological polar surface area (TPSA) is 49.8 Å². The summed E-state index contributed by atoms with van der Waals surface area (Å²) >= 11 is 12.4. The van der Waals surface area contributed by atoms with Gasteiger partial charge >= 0.3 is 0 Å². The van der Waals surface area contributed by atoms with Crippen LogP contribution in [0.2, 0.25) is 10.0 Å². The first-order valence-electron chi connectivity index (χ1n) is 6.88. The van der Waals surface area contributed by atoms with Gasteiger partial charge in [-0.15, -0.1) is 0 Å². The molecule has 2 heterocycles. The Bertz CT molecular complexity index is 590. The lowest BCUT2D eigenvalue weighted by molar-refractivity contribution is 0.865. The van der Waals surface area contributed by atoms with E-state index in [1.54, 1.807) is 12.3 Å². The van der Waals surface area contributed by atoms with Gasteiger partial charge in [0, 0.05) is 18.9 Å². The maximum Gasteiger partial charge on any atom is 0.147 e. The first-order valence-corrected chi connectivity index (χ1v) is 7.63. The van der Waals surface area contributed by atoms with Crippen LogP contribution >= 0.6 is 23.2 Å². The van der Waals surface area contributed by atoms with Crippen LogP contribution in [0, 0.1) is 0 Å². The average molecular weight is 325 g/mol. The lowest BCUT2D eigenvalue weighted by atomic mass is 10.1. The van der Waals surface area contributed by atoms with Crippen LogP contribution in [-0.2, 0) is 0 Å². The van der Waals surface area contributed by atoms with Crippen LogP contribution in [0.15, 0.2) is 30.6 Å². The van der Waals surface area contributed by atoms with Gasteiger partial charge in [-0.3, -0.25) is 4.98 Å². The molecule has 2 N–H and O–H groups in total. The number of nitrogens with one attached hydrogen (secondary N) is 2. The molecule has 0 fully saturated rings. The van der Waals surface area contributed by atoms with E-state index in [4.69, 9.17) is 23.2 Å². The van der Waals surface area contributed by atoms with Crippen molar-refractivity contribution in [2.45, 2.75) is 26.3 Å². The molecular formula is C15H18Cl2N4. The molecule has 0 bridgehead atoms. The molecule has 21 heavy (non-hydrogen) atoms. The van der Waals surface area contributed by atoms with E-state index in [0.717, 1.165) is 18.5 Å². The Kier molecular flexibility index (Phi) is 5.65. The molecule has 2 aromatic heterocycles. The summed E-state index contributed by atoms with van der Waals surface area (Å²) in [7, 11) is 0. The number of halogens is 2. The molecule has 1 atom stereocenters. The van der Waals surface area contributed by atoms with E-state index in [2.05, 4.69) is 27.5 Å². The molecule has 112 valence electrons. The summed E-state index contributed by atoms with van der Waals surface area (Å²) in [6.07, 6.45) is 4.56. The number of hydrogen-bond donors (Lipinski definition) is 2. The zero-order valence-corrected chi connectivity index (χ0v) is 13.5. The number of nitrogens with zero attached hydrogens (tertiary/aromatic N) is 2. The van der Waals surface area contributed by atoms with Gasteiger partial charge in [0.2, 0.25) is 0 Å². The molecular weight excluding hydrogens is 307 g/mol. The van der Waals surface area contributed by atoms with Gasteiger partial charge in [-0.2, -0.15) is 0 Å². The van der Waals surface area contributed by atoms with Crippen molar-refractivity contribution in [3.05, 3.63) is 46.2 Å². The summed E-state index contributed by atoms with van der Waals surface area (Å²) in [6.45, 7) is 4.93. The summed E-state index contributed by atoms with van der Waals surface area (Å²) < 4.78 is 0. The van der Waals surface area contributed by atoms with E-state index in [0.29, 0.717) is 21.7 Å². The molecule has 0 saturated heterocycles. The van der Waals surface area contributed by atoms with Crippen LogP contribution in [0.1, 0.15) is 31.9 Å². The molecule has 4 nitrogen and oxygen atoms in total. The predicted molar refractivity (Wildman–Crippen MR) is 89.3 cm³/mol.